The van der Waals surface area contributed by atoms with Crippen molar-refractivity contribution in [2.45, 2.75) is 110 Å². The summed E-state index contributed by atoms with van der Waals surface area (Å²) in [5, 5.41) is 44.0. The molecule has 178 valence electrons. The molecular formula is C27H46O4. The number of fused-ring (bicyclic) bond motifs is 5. The van der Waals surface area contributed by atoms with E-state index in [-0.39, 0.29) is 34.7 Å². The van der Waals surface area contributed by atoms with Gasteiger partial charge in [0.2, 0.25) is 0 Å². The van der Waals surface area contributed by atoms with Crippen LogP contribution >= 0.6 is 0 Å². The van der Waals surface area contributed by atoms with Crippen LogP contribution in [0.15, 0.2) is 11.6 Å². The Bertz CT molecular complexity index is 689. The lowest BCUT2D eigenvalue weighted by molar-refractivity contribution is -0.148. The van der Waals surface area contributed by atoms with Crippen LogP contribution in [0.3, 0.4) is 0 Å². The van der Waals surface area contributed by atoms with Gasteiger partial charge in [-0.05, 0) is 92.3 Å². The molecule has 4 unspecified atom stereocenters. The molecule has 0 aliphatic heterocycles. The molecule has 4 aliphatic rings. The van der Waals surface area contributed by atoms with Gasteiger partial charge >= 0.3 is 0 Å². The summed E-state index contributed by atoms with van der Waals surface area (Å²) >= 11 is 0. The van der Waals surface area contributed by atoms with E-state index in [4.69, 9.17) is 0 Å². The first-order chi connectivity index (χ1) is 14.5. The first kappa shape index (κ1) is 23.7. The van der Waals surface area contributed by atoms with Crippen LogP contribution in [0, 0.1) is 46.3 Å². The summed E-state index contributed by atoms with van der Waals surface area (Å²) in [5.74, 6) is 1.63. The maximum absolute atomic E-state index is 11.6. The second kappa shape index (κ2) is 8.42. The van der Waals surface area contributed by atoms with Crippen molar-refractivity contribution in [3.8, 4) is 0 Å². The molecule has 3 saturated carbocycles. The lowest BCUT2D eigenvalue weighted by atomic mass is 9.46. The number of aliphatic hydroxyl groups excluding tert-OH is 4. The minimum absolute atomic E-state index is 0.0231. The zero-order chi connectivity index (χ0) is 22.7. The van der Waals surface area contributed by atoms with E-state index in [1.807, 2.05) is 0 Å². The maximum Gasteiger partial charge on any atom is 0.0603 e. The van der Waals surface area contributed by atoms with Crippen molar-refractivity contribution in [1.82, 2.24) is 0 Å². The van der Waals surface area contributed by atoms with Crippen LogP contribution in [0.2, 0.25) is 0 Å². The Hall–Kier alpha value is -0.420. The monoisotopic (exact) mass is 434 g/mol. The summed E-state index contributed by atoms with van der Waals surface area (Å²) in [6.45, 7) is 11.0. The lowest BCUT2D eigenvalue weighted by Gasteiger charge is -2.60. The average molecular weight is 435 g/mol. The van der Waals surface area contributed by atoms with Gasteiger partial charge in [0.25, 0.3) is 0 Å². The van der Waals surface area contributed by atoms with Crippen LogP contribution in [0.25, 0.3) is 0 Å². The van der Waals surface area contributed by atoms with E-state index in [0.717, 1.165) is 51.4 Å². The van der Waals surface area contributed by atoms with E-state index >= 15 is 0 Å². The summed E-state index contributed by atoms with van der Waals surface area (Å²) in [6.07, 6.45) is 7.70. The van der Waals surface area contributed by atoms with Gasteiger partial charge in [-0.25, -0.2) is 0 Å². The molecule has 0 saturated heterocycles. The molecule has 11 atom stereocenters. The third-order valence-electron chi connectivity index (χ3n) is 10.5. The van der Waals surface area contributed by atoms with Gasteiger partial charge in [0, 0.05) is 5.41 Å². The highest BCUT2D eigenvalue weighted by atomic mass is 16.3. The minimum atomic E-state index is -0.460. The van der Waals surface area contributed by atoms with Crippen molar-refractivity contribution in [1.29, 1.82) is 0 Å². The topological polar surface area (TPSA) is 80.9 Å². The van der Waals surface area contributed by atoms with Crippen LogP contribution in [-0.4, -0.2) is 44.8 Å². The summed E-state index contributed by atoms with van der Waals surface area (Å²) in [7, 11) is 0. The average Bonchev–Trinajstić information content (AvgIpc) is 2.98. The standard InChI is InChI=1S/C27H46O4/c1-15(2)6-9-22(29)16(3)25-23(30)13-21-19-8-7-17-12-18(28)10-11-26(17,4)20(19)14-24(31)27(21,25)5/h7,15-16,18-25,28-31H,6,8-14H2,1-5H3/t16-,18?,19-,20+,21+,22?,23?,24?,25+,26+,27-/m1/s1. The first-order valence-electron chi connectivity index (χ1n) is 12.9. The molecule has 31 heavy (non-hydrogen) atoms. The summed E-state index contributed by atoms with van der Waals surface area (Å²) in [5.41, 5.74) is 1.11. The normalized spacial score (nSPS) is 49.1. The van der Waals surface area contributed by atoms with E-state index in [0.29, 0.717) is 17.8 Å². The zero-order valence-corrected chi connectivity index (χ0v) is 20.3. The number of aliphatic hydroxyl groups is 4. The fraction of sp³-hybridized carbons (Fsp3) is 0.926. The maximum atomic E-state index is 11.6. The van der Waals surface area contributed by atoms with Gasteiger partial charge < -0.3 is 20.4 Å². The predicted octanol–water partition coefficient (Wildman–Crippen LogP) is 4.30. The molecule has 4 rings (SSSR count). The van der Waals surface area contributed by atoms with E-state index < -0.39 is 18.3 Å². The molecule has 0 spiro atoms. The van der Waals surface area contributed by atoms with Crippen molar-refractivity contribution >= 4 is 0 Å². The quantitative estimate of drug-likeness (QED) is 0.486. The number of hydrogen-bond acceptors (Lipinski definition) is 4. The summed E-state index contributed by atoms with van der Waals surface area (Å²) in [6, 6.07) is 0. The highest BCUT2D eigenvalue weighted by molar-refractivity contribution is 5.26. The third-order valence-corrected chi connectivity index (χ3v) is 10.5. The Morgan fingerprint density at radius 1 is 1.03 bits per heavy atom. The Morgan fingerprint density at radius 2 is 1.74 bits per heavy atom. The van der Waals surface area contributed by atoms with Gasteiger partial charge in [0.05, 0.1) is 24.4 Å². The Labute approximate surface area is 189 Å². The fourth-order valence-electron chi connectivity index (χ4n) is 8.60. The molecule has 0 aromatic heterocycles. The molecule has 4 nitrogen and oxygen atoms in total. The van der Waals surface area contributed by atoms with Crippen molar-refractivity contribution in [2.75, 3.05) is 0 Å². The first-order valence-corrected chi connectivity index (χ1v) is 12.9. The van der Waals surface area contributed by atoms with Crippen LogP contribution < -0.4 is 0 Å². The van der Waals surface area contributed by atoms with E-state index in [9.17, 15) is 20.4 Å². The highest BCUT2D eigenvalue weighted by Gasteiger charge is 2.65. The highest BCUT2D eigenvalue weighted by Crippen LogP contribution is 2.67. The SMILES string of the molecule is CC(C)CCC(O)[C@@H](C)[C@H]1C(O)C[C@H]2[C@@H]3CC=C4CC(O)CC[C@]4(C)[C@H]3CC(O)[C@]12C. The molecule has 4 N–H and O–H groups in total. The van der Waals surface area contributed by atoms with Crippen LogP contribution in [0.4, 0.5) is 0 Å². The van der Waals surface area contributed by atoms with Gasteiger partial charge in [0.1, 0.15) is 0 Å². The Balaban J connectivity index is 1.61. The minimum Gasteiger partial charge on any atom is -0.393 e. The van der Waals surface area contributed by atoms with Crippen molar-refractivity contribution in [3.05, 3.63) is 11.6 Å². The number of allylic oxidation sites excluding steroid dienone is 1. The Kier molecular flexibility index (Phi) is 6.44. The van der Waals surface area contributed by atoms with E-state index in [1.54, 1.807) is 0 Å². The lowest BCUT2D eigenvalue weighted by Crippen LogP contribution is -2.57. The van der Waals surface area contributed by atoms with Crippen LogP contribution in [-0.2, 0) is 0 Å². The number of hydrogen-bond donors (Lipinski definition) is 4. The van der Waals surface area contributed by atoms with E-state index in [2.05, 4.69) is 40.7 Å². The zero-order valence-electron chi connectivity index (χ0n) is 20.3. The molecule has 0 heterocycles. The molecule has 4 aliphatic carbocycles. The van der Waals surface area contributed by atoms with Crippen molar-refractivity contribution in [2.24, 2.45) is 46.3 Å². The van der Waals surface area contributed by atoms with Gasteiger partial charge in [-0.3, -0.25) is 0 Å². The van der Waals surface area contributed by atoms with Gasteiger partial charge in [0.15, 0.2) is 0 Å². The van der Waals surface area contributed by atoms with Crippen molar-refractivity contribution < 1.29 is 20.4 Å². The van der Waals surface area contributed by atoms with Crippen LogP contribution in [0.5, 0.6) is 0 Å². The summed E-state index contributed by atoms with van der Waals surface area (Å²) < 4.78 is 0. The molecular weight excluding hydrogens is 388 g/mol. The molecule has 4 heteroatoms. The van der Waals surface area contributed by atoms with Gasteiger partial charge in [-0.15, -0.1) is 0 Å². The predicted molar refractivity (Wildman–Crippen MR) is 123 cm³/mol. The van der Waals surface area contributed by atoms with Crippen molar-refractivity contribution in [3.63, 3.8) is 0 Å². The summed E-state index contributed by atoms with van der Waals surface area (Å²) in [4.78, 5) is 0. The van der Waals surface area contributed by atoms with E-state index in [1.165, 1.54) is 5.57 Å². The Morgan fingerprint density at radius 3 is 2.42 bits per heavy atom. The van der Waals surface area contributed by atoms with Gasteiger partial charge in [-0.2, -0.15) is 0 Å². The smallest absolute Gasteiger partial charge is 0.0603 e. The fourth-order valence-corrected chi connectivity index (χ4v) is 8.60. The molecule has 0 amide bonds. The van der Waals surface area contributed by atoms with Crippen LogP contribution in [0.1, 0.15) is 86.0 Å². The second-order valence-corrected chi connectivity index (χ2v) is 12.5. The molecule has 0 aromatic carbocycles. The molecule has 3 fully saturated rings. The third kappa shape index (κ3) is 3.74. The molecule has 0 aromatic rings. The molecule has 0 radical (unpaired) electrons. The second-order valence-electron chi connectivity index (χ2n) is 12.5. The molecule has 0 bridgehead atoms. The van der Waals surface area contributed by atoms with Gasteiger partial charge in [-0.1, -0.05) is 46.3 Å². The number of rotatable bonds is 5. The largest absolute Gasteiger partial charge is 0.393 e.